The molecule has 1 amide bonds. The van der Waals surface area contributed by atoms with Gasteiger partial charge in [-0.15, -0.1) is 10.2 Å². The van der Waals surface area contributed by atoms with Gasteiger partial charge in [0.2, 0.25) is 10.1 Å². The average molecular weight is 288 g/mol. The molecule has 2 aromatic rings. The Hall–Kier alpha value is -1.95. The Morgan fingerprint density at radius 2 is 2.00 bits per heavy atom. The number of anilines is 1. The van der Waals surface area contributed by atoms with E-state index in [9.17, 15) is 4.79 Å². The monoisotopic (exact) mass is 288 g/mol. The lowest BCUT2D eigenvalue weighted by Crippen LogP contribution is -2.25. The fourth-order valence-corrected chi connectivity index (χ4v) is 2.96. The SMILES string of the molecule is CCCNc1nnc(C(=O)N2Cc3ccccc3C2)s1. The summed E-state index contributed by atoms with van der Waals surface area (Å²) in [6.07, 6.45) is 1.02. The summed E-state index contributed by atoms with van der Waals surface area (Å²) in [6, 6.07) is 8.14. The molecule has 1 aromatic heterocycles. The van der Waals surface area contributed by atoms with Crippen LogP contribution < -0.4 is 5.32 Å². The zero-order valence-electron chi connectivity index (χ0n) is 11.3. The summed E-state index contributed by atoms with van der Waals surface area (Å²) in [6.45, 7) is 4.25. The Morgan fingerprint density at radius 1 is 1.30 bits per heavy atom. The predicted octanol–water partition coefficient (Wildman–Crippen LogP) is 2.52. The molecule has 5 nitrogen and oxygen atoms in total. The first kappa shape index (κ1) is 13.1. The number of benzene rings is 1. The third-order valence-corrected chi connectivity index (χ3v) is 4.13. The first-order chi connectivity index (χ1) is 9.78. The fourth-order valence-electron chi connectivity index (χ4n) is 2.23. The number of aromatic nitrogens is 2. The maximum atomic E-state index is 12.4. The first-order valence-corrected chi connectivity index (χ1v) is 7.53. The van der Waals surface area contributed by atoms with Crippen LogP contribution in [0, 0.1) is 0 Å². The molecule has 0 radical (unpaired) electrons. The Kier molecular flexibility index (Phi) is 3.64. The normalized spacial score (nSPS) is 13.3. The highest BCUT2D eigenvalue weighted by Crippen LogP contribution is 2.25. The van der Waals surface area contributed by atoms with E-state index in [0.29, 0.717) is 23.2 Å². The zero-order valence-corrected chi connectivity index (χ0v) is 12.1. The zero-order chi connectivity index (χ0) is 13.9. The van der Waals surface area contributed by atoms with Gasteiger partial charge in [-0.1, -0.05) is 42.5 Å². The minimum Gasteiger partial charge on any atom is -0.360 e. The van der Waals surface area contributed by atoms with Crippen LogP contribution in [0.25, 0.3) is 0 Å². The van der Waals surface area contributed by atoms with Crippen molar-refractivity contribution in [3.05, 3.63) is 40.4 Å². The summed E-state index contributed by atoms with van der Waals surface area (Å²) < 4.78 is 0. The standard InChI is InChI=1S/C14H16N4OS/c1-2-7-15-14-17-16-12(20-14)13(19)18-8-10-5-3-4-6-11(10)9-18/h3-6H,2,7-9H2,1H3,(H,15,17). The van der Waals surface area contributed by atoms with Crippen molar-refractivity contribution < 1.29 is 4.79 Å². The lowest BCUT2D eigenvalue weighted by molar-refractivity contribution is 0.0750. The quantitative estimate of drug-likeness (QED) is 0.939. The van der Waals surface area contributed by atoms with Crippen molar-refractivity contribution in [2.24, 2.45) is 0 Å². The van der Waals surface area contributed by atoms with E-state index >= 15 is 0 Å². The third-order valence-electron chi connectivity index (χ3n) is 3.26. The van der Waals surface area contributed by atoms with E-state index in [1.807, 2.05) is 17.0 Å². The molecule has 0 aliphatic carbocycles. The minimum absolute atomic E-state index is 0.0387. The topological polar surface area (TPSA) is 58.1 Å². The summed E-state index contributed by atoms with van der Waals surface area (Å²) in [4.78, 5) is 14.2. The van der Waals surface area contributed by atoms with Crippen molar-refractivity contribution in [3.8, 4) is 0 Å². The maximum absolute atomic E-state index is 12.4. The molecule has 0 bridgehead atoms. The number of hydrogen-bond donors (Lipinski definition) is 1. The highest BCUT2D eigenvalue weighted by Gasteiger charge is 2.26. The fraction of sp³-hybridized carbons (Fsp3) is 0.357. The molecule has 0 fully saturated rings. The molecule has 1 aliphatic rings. The molecule has 1 aliphatic heterocycles. The molecular formula is C14H16N4OS. The van der Waals surface area contributed by atoms with Crippen molar-refractivity contribution in [2.75, 3.05) is 11.9 Å². The lowest BCUT2D eigenvalue weighted by Gasteiger charge is -2.12. The van der Waals surface area contributed by atoms with E-state index in [4.69, 9.17) is 0 Å². The van der Waals surface area contributed by atoms with Gasteiger partial charge in [-0.2, -0.15) is 0 Å². The molecule has 0 saturated heterocycles. The molecule has 6 heteroatoms. The summed E-state index contributed by atoms with van der Waals surface area (Å²) in [7, 11) is 0. The van der Waals surface area contributed by atoms with Gasteiger partial charge in [0.15, 0.2) is 0 Å². The van der Waals surface area contributed by atoms with Gasteiger partial charge < -0.3 is 10.2 Å². The first-order valence-electron chi connectivity index (χ1n) is 6.71. The molecule has 3 rings (SSSR count). The number of fused-ring (bicyclic) bond motifs is 1. The van der Waals surface area contributed by atoms with Gasteiger partial charge in [0.1, 0.15) is 0 Å². The van der Waals surface area contributed by atoms with Gasteiger partial charge in [0, 0.05) is 19.6 Å². The second kappa shape index (κ2) is 5.58. The number of amides is 1. The van der Waals surface area contributed by atoms with Crippen molar-refractivity contribution in [1.82, 2.24) is 15.1 Å². The predicted molar refractivity (Wildman–Crippen MR) is 78.7 cm³/mol. The molecule has 0 atom stereocenters. The molecule has 0 saturated carbocycles. The second-order valence-electron chi connectivity index (χ2n) is 4.77. The Balaban J connectivity index is 1.70. The van der Waals surface area contributed by atoms with Crippen LogP contribution in [0.4, 0.5) is 5.13 Å². The van der Waals surface area contributed by atoms with E-state index in [2.05, 4.69) is 34.6 Å². The molecule has 0 spiro atoms. The molecule has 104 valence electrons. The van der Waals surface area contributed by atoms with Crippen LogP contribution in [0.5, 0.6) is 0 Å². The van der Waals surface area contributed by atoms with E-state index < -0.39 is 0 Å². The third kappa shape index (κ3) is 2.51. The minimum atomic E-state index is -0.0387. The Bertz CT molecular complexity index is 600. The van der Waals surface area contributed by atoms with Crippen molar-refractivity contribution in [3.63, 3.8) is 0 Å². The van der Waals surface area contributed by atoms with Crippen LogP contribution in [-0.2, 0) is 13.1 Å². The van der Waals surface area contributed by atoms with Crippen LogP contribution in [0.3, 0.4) is 0 Å². The lowest BCUT2D eigenvalue weighted by atomic mass is 10.1. The number of hydrogen-bond acceptors (Lipinski definition) is 5. The van der Waals surface area contributed by atoms with Gasteiger partial charge in [0.25, 0.3) is 5.91 Å². The van der Waals surface area contributed by atoms with Crippen molar-refractivity contribution >= 4 is 22.4 Å². The number of rotatable bonds is 4. The number of nitrogens with one attached hydrogen (secondary N) is 1. The van der Waals surface area contributed by atoms with Crippen molar-refractivity contribution in [1.29, 1.82) is 0 Å². The molecule has 20 heavy (non-hydrogen) atoms. The van der Waals surface area contributed by atoms with Gasteiger partial charge in [-0.3, -0.25) is 4.79 Å². The summed E-state index contributed by atoms with van der Waals surface area (Å²) in [5, 5.41) is 12.3. The number of carbonyl (C=O) groups excluding carboxylic acids is 1. The van der Waals surface area contributed by atoms with Gasteiger partial charge in [-0.05, 0) is 17.5 Å². The van der Waals surface area contributed by atoms with Crippen LogP contribution in [0.2, 0.25) is 0 Å². The smallest absolute Gasteiger partial charge is 0.285 e. The average Bonchev–Trinajstić information content (AvgIpc) is 3.10. The van der Waals surface area contributed by atoms with Gasteiger partial charge in [-0.25, -0.2) is 0 Å². The molecule has 0 unspecified atom stereocenters. The molecule has 1 aromatic carbocycles. The summed E-state index contributed by atoms with van der Waals surface area (Å²) in [5.41, 5.74) is 2.43. The van der Waals surface area contributed by atoms with E-state index in [1.54, 1.807) is 0 Å². The van der Waals surface area contributed by atoms with Crippen LogP contribution in [0.15, 0.2) is 24.3 Å². The molecular weight excluding hydrogens is 272 g/mol. The highest BCUT2D eigenvalue weighted by atomic mass is 32.1. The van der Waals surface area contributed by atoms with E-state index in [-0.39, 0.29) is 5.91 Å². The highest BCUT2D eigenvalue weighted by molar-refractivity contribution is 7.17. The Morgan fingerprint density at radius 3 is 2.65 bits per heavy atom. The van der Waals surface area contributed by atoms with Crippen molar-refractivity contribution in [2.45, 2.75) is 26.4 Å². The molecule has 2 heterocycles. The van der Waals surface area contributed by atoms with Crippen LogP contribution in [-0.4, -0.2) is 27.5 Å². The molecule has 1 N–H and O–H groups in total. The van der Waals surface area contributed by atoms with Gasteiger partial charge in [0.05, 0.1) is 0 Å². The van der Waals surface area contributed by atoms with E-state index in [1.165, 1.54) is 22.5 Å². The van der Waals surface area contributed by atoms with Gasteiger partial charge >= 0.3 is 0 Å². The summed E-state index contributed by atoms with van der Waals surface area (Å²) >= 11 is 1.32. The Labute approximate surface area is 121 Å². The van der Waals surface area contributed by atoms with E-state index in [0.717, 1.165) is 13.0 Å². The number of nitrogens with zero attached hydrogens (tertiary/aromatic N) is 3. The number of carbonyl (C=O) groups is 1. The van der Waals surface area contributed by atoms with Crippen LogP contribution in [0.1, 0.15) is 34.3 Å². The summed E-state index contributed by atoms with van der Waals surface area (Å²) in [5.74, 6) is -0.0387. The van der Waals surface area contributed by atoms with Crippen LogP contribution >= 0.6 is 11.3 Å². The second-order valence-corrected chi connectivity index (χ2v) is 5.75. The maximum Gasteiger partial charge on any atom is 0.285 e. The largest absolute Gasteiger partial charge is 0.360 e.